The van der Waals surface area contributed by atoms with Crippen molar-refractivity contribution in [1.82, 2.24) is 0 Å². The molecule has 0 radical (unpaired) electrons. The van der Waals surface area contributed by atoms with Gasteiger partial charge in [0.05, 0.1) is 0 Å². The lowest BCUT2D eigenvalue weighted by atomic mass is 10.0. The van der Waals surface area contributed by atoms with Crippen LogP contribution in [-0.4, -0.2) is 12.0 Å². The van der Waals surface area contributed by atoms with Gasteiger partial charge in [0.15, 0.2) is 6.10 Å². The van der Waals surface area contributed by atoms with Crippen LogP contribution in [0.1, 0.15) is 48.9 Å². The summed E-state index contributed by atoms with van der Waals surface area (Å²) in [5.74, 6) is 0.986. The van der Waals surface area contributed by atoms with Gasteiger partial charge in [0.1, 0.15) is 5.75 Å². The maximum Gasteiger partial charge on any atom is 0.265 e. The largest absolute Gasteiger partial charge is 0.481 e. The molecule has 2 aromatic carbocycles. The van der Waals surface area contributed by atoms with Crippen molar-refractivity contribution >= 4 is 11.6 Å². The number of carbonyl (C=O) groups is 1. The molecule has 0 aromatic heterocycles. The molecule has 3 heteroatoms. The molecule has 0 heterocycles. The zero-order valence-corrected chi connectivity index (χ0v) is 15.4. The standard InChI is InChI=1S/C21H27NO2/c1-13(2)19-8-7-14(3)12-20(19)24-17(6)21(23)22-18-10-15(4)9-16(5)11-18/h7-13,17H,1-6H3,(H,22,23)/t17-/m1/s1. The van der Waals surface area contributed by atoms with Crippen LogP contribution in [0.3, 0.4) is 0 Å². The Morgan fingerprint density at radius 2 is 1.54 bits per heavy atom. The molecule has 128 valence electrons. The highest BCUT2D eigenvalue weighted by atomic mass is 16.5. The van der Waals surface area contributed by atoms with Crippen LogP contribution in [0.4, 0.5) is 5.69 Å². The van der Waals surface area contributed by atoms with Gasteiger partial charge in [0.25, 0.3) is 5.91 Å². The lowest BCUT2D eigenvalue weighted by Gasteiger charge is -2.19. The number of amides is 1. The molecule has 0 unspecified atom stereocenters. The number of ether oxygens (including phenoxy) is 1. The molecule has 0 aliphatic carbocycles. The fraction of sp³-hybridized carbons (Fsp3) is 0.381. The third-order valence-corrected chi connectivity index (χ3v) is 3.95. The summed E-state index contributed by atoms with van der Waals surface area (Å²) in [4.78, 5) is 12.5. The van der Waals surface area contributed by atoms with Crippen LogP contribution < -0.4 is 10.1 Å². The second-order valence-electron chi connectivity index (χ2n) is 6.82. The van der Waals surface area contributed by atoms with Crippen molar-refractivity contribution in [3.63, 3.8) is 0 Å². The van der Waals surface area contributed by atoms with Gasteiger partial charge in [-0.15, -0.1) is 0 Å². The molecular formula is C21H27NO2. The first-order valence-corrected chi connectivity index (χ1v) is 8.42. The van der Waals surface area contributed by atoms with E-state index in [0.29, 0.717) is 5.92 Å². The van der Waals surface area contributed by atoms with Gasteiger partial charge in [-0.2, -0.15) is 0 Å². The fourth-order valence-corrected chi connectivity index (χ4v) is 2.76. The van der Waals surface area contributed by atoms with E-state index in [2.05, 4.69) is 37.4 Å². The van der Waals surface area contributed by atoms with Crippen LogP contribution in [0.2, 0.25) is 0 Å². The monoisotopic (exact) mass is 325 g/mol. The van der Waals surface area contributed by atoms with Gasteiger partial charge < -0.3 is 10.1 Å². The molecule has 0 aliphatic heterocycles. The summed E-state index contributed by atoms with van der Waals surface area (Å²) < 4.78 is 5.97. The first-order chi connectivity index (χ1) is 11.3. The van der Waals surface area contributed by atoms with Gasteiger partial charge in [-0.25, -0.2) is 0 Å². The van der Waals surface area contributed by atoms with Crippen LogP contribution in [0.15, 0.2) is 36.4 Å². The molecule has 0 bridgehead atoms. The van der Waals surface area contributed by atoms with E-state index in [-0.39, 0.29) is 5.91 Å². The van der Waals surface area contributed by atoms with E-state index < -0.39 is 6.10 Å². The van der Waals surface area contributed by atoms with Gasteiger partial charge >= 0.3 is 0 Å². The average Bonchev–Trinajstić information content (AvgIpc) is 2.45. The minimum atomic E-state index is -0.565. The molecule has 0 spiro atoms. The highest BCUT2D eigenvalue weighted by molar-refractivity contribution is 5.94. The quantitative estimate of drug-likeness (QED) is 0.826. The topological polar surface area (TPSA) is 38.3 Å². The second kappa shape index (κ2) is 7.52. The average molecular weight is 325 g/mol. The molecular weight excluding hydrogens is 298 g/mol. The Labute approximate surface area is 145 Å². The maximum absolute atomic E-state index is 12.5. The van der Waals surface area contributed by atoms with Crippen molar-refractivity contribution < 1.29 is 9.53 Å². The molecule has 1 atom stereocenters. The Kier molecular flexibility index (Phi) is 5.66. The van der Waals surface area contributed by atoms with Gasteiger partial charge in [0, 0.05) is 5.69 Å². The maximum atomic E-state index is 12.5. The van der Waals surface area contributed by atoms with Gasteiger partial charge in [-0.05, 0) is 74.1 Å². The number of nitrogens with one attached hydrogen (secondary N) is 1. The van der Waals surface area contributed by atoms with E-state index in [1.807, 2.05) is 39.0 Å². The lowest BCUT2D eigenvalue weighted by Crippen LogP contribution is -2.30. The predicted octanol–water partition coefficient (Wildman–Crippen LogP) is 5.14. The van der Waals surface area contributed by atoms with Crippen LogP contribution in [0.25, 0.3) is 0 Å². The van der Waals surface area contributed by atoms with Crippen molar-refractivity contribution in [2.75, 3.05) is 5.32 Å². The van der Waals surface area contributed by atoms with Crippen molar-refractivity contribution in [2.45, 2.75) is 53.6 Å². The van der Waals surface area contributed by atoms with Crippen molar-refractivity contribution in [3.05, 3.63) is 58.7 Å². The minimum absolute atomic E-state index is 0.142. The number of hydrogen-bond acceptors (Lipinski definition) is 2. The van der Waals surface area contributed by atoms with E-state index >= 15 is 0 Å². The predicted molar refractivity (Wildman–Crippen MR) is 99.9 cm³/mol. The first kappa shape index (κ1) is 18.1. The van der Waals surface area contributed by atoms with E-state index in [4.69, 9.17) is 4.74 Å². The van der Waals surface area contributed by atoms with Crippen LogP contribution in [0.5, 0.6) is 5.75 Å². The van der Waals surface area contributed by atoms with Gasteiger partial charge in [0.2, 0.25) is 0 Å². The Hall–Kier alpha value is -2.29. The highest BCUT2D eigenvalue weighted by Gasteiger charge is 2.18. The summed E-state index contributed by atoms with van der Waals surface area (Å²) in [5.41, 5.74) is 5.29. The smallest absolute Gasteiger partial charge is 0.265 e. The molecule has 1 N–H and O–H groups in total. The summed E-state index contributed by atoms with van der Waals surface area (Å²) in [5, 5.41) is 2.94. The molecule has 0 saturated carbocycles. The molecule has 24 heavy (non-hydrogen) atoms. The van der Waals surface area contributed by atoms with E-state index in [1.165, 1.54) is 0 Å². The Morgan fingerprint density at radius 3 is 2.12 bits per heavy atom. The number of rotatable bonds is 5. The normalized spacial score (nSPS) is 12.1. The van der Waals surface area contributed by atoms with Crippen LogP contribution in [-0.2, 0) is 4.79 Å². The summed E-state index contributed by atoms with van der Waals surface area (Å²) in [7, 11) is 0. The first-order valence-electron chi connectivity index (χ1n) is 8.42. The zero-order valence-electron chi connectivity index (χ0n) is 15.4. The summed E-state index contributed by atoms with van der Waals surface area (Å²) in [6.45, 7) is 12.1. The number of aryl methyl sites for hydroxylation is 3. The lowest BCUT2D eigenvalue weighted by molar-refractivity contribution is -0.122. The van der Waals surface area contributed by atoms with Gasteiger partial charge in [-0.1, -0.05) is 32.0 Å². The fourth-order valence-electron chi connectivity index (χ4n) is 2.76. The third-order valence-electron chi connectivity index (χ3n) is 3.95. The SMILES string of the molecule is Cc1cc(C)cc(NC(=O)[C@@H](C)Oc2cc(C)ccc2C(C)C)c1. The van der Waals surface area contributed by atoms with E-state index in [9.17, 15) is 4.79 Å². The molecule has 2 rings (SSSR count). The number of carbonyl (C=O) groups excluding carboxylic acids is 1. The molecule has 1 amide bonds. The second-order valence-corrected chi connectivity index (χ2v) is 6.82. The van der Waals surface area contributed by atoms with Gasteiger partial charge in [-0.3, -0.25) is 4.79 Å². The molecule has 2 aromatic rings. The van der Waals surface area contributed by atoms with Crippen molar-refractivity contribution in [2.24, 2.45) is 0 Å². The molecule has 0 saturated heterocycles. The van der Waals surface area contributed by atoms with E-state index in [0.717, 1.165) is 33.7 Å². The highest BCUT2D eigenvalue weighted by Crippen LogP contribution is 2.28. The minimum Gasteiger partial charge on any atom is -0.481 e. The van der Waals surface area contributed by atoms with E-state index in [1.54, 1.807) is 6.92 Å². The zero-order chi connectivity index (χ0) is 17.9. The molecule has 3 nitrogen and oxygen atoms in total. The molecule has 0 aliphatic rings. The van der Waals surface area contributed by atoms with Crippen molar-refractivity contribution in [1.29, 1.82) is 0 Å². The summed E-state index contributed by atoms with van der Waals surface area (Å²) >= 11 is 0. The Morgan fingerprint density at radius 1 is 0.917 bits per heavy atom. The van der Waals surface area contributed by atoms with Crippen molar-refractivity contribution in [3.8, 4) is 5.75 Å². The summed E-state index contributed by atoms with van der Waals surface area (Å²) in [6.07, 6.45) is -0.565. The van der Waals surface area contributed by atoms with Crippen LogP contribution in [0, 0.1) is 20.8 Å². The molecule has 0 fully saturated rings. The Balaban J connectivity index is 2.13. The number of benzene rings is 2. The Bertz CT molecular complexity index is 714. The van der Waals surface area contributed by atoms with Crippen LogP contribution >= 0.6 is 0 Å². The summed E-state index contributed by atoms with van der Waals surface area (Å²) in [6, 6.07) is 12.1. The third kappa shape index (κ3) is 4.60. The number of anilines is 1. The number of hydrogen-bond donors (Lipinski definition) is 1.